The smallest absolute Gasteiger partial charge is 0.302 e. The molecule has 4 aliphatic rings. The third-order valence-corrected chi connectivity index (χ3v) is 9.72. The van der Waals surface area contributed by atoms with Crippen molar-refractivity contribution in [1.82, 2.24) is 0 Å². The molecule has 4 aliphatic carbocycles. The molecule has 8 atom stereocenters. The van der Waals surface area contributed by atoms with Crippen LogP contribution in [0, 0.1) is 34.5 Å². The molecule has 4 rings (SSSR count). The molecule has 0 heterocycles. The van der Waals surface area contributed by atoms with E-state index in [4.69, 9.17) is 4.74 Å². The fourth-order valence-corrected chi connectivity index (χ4v) is 9.03. The maximum Gasteiger partial charge on any atom is 0.302 e. The first-order valence-corrected chi connectivity index (χ1v) is 11.6. The van der Waals surface area contributed by atoms with E-state index in [1.807, 2.05) is 0 Å². The van der Waals surface area contributed by atoms with Gasteiger partial charge in [0.05, 0.1) is 0 Å². The summed E-state index contributed by atoms with van der Waals surface area (Å²) < 4.78 is 5.54. The Morgan fingerprint density at radius 3 is 2.56 bits per heavy atom. The van der Waals surface area contributed by atoms with Gasteiger partial charge in [-0.25, -0.2) is 0 Å². The lowest BCUT2D eigenvalue weighted by Crippen LogP contribution is -2.51. The number of rotatable bonds is 2. The van der Waals surface area contributed by atoms with Gasteiger partial charge in [-0.1, -0.05) is 41.4 Å². The van der Waals surface area contributed by atoms with Gasteiger partial charge in [0.1, 0.15) is 11.9 Å². The second kappa shape index (κ2) is 6.71. The quantitative estimate of drug-likeness (QED) is 0.327. The number of esters is 1. The van der Waals surface area contributed by atoms with E-state index in [1.165, 1.54) is 25.3 Å². The van der Waals surface area contributed by atoms with Crippen LogP contribution in [0.5, 0.6) is 0 Å². The molecular weight excluding hydrogens is 404 g/mol. The standard InChI is InChI=1S/C23H33BrO3/c1-13(25)21-20(24)12-19-17-6-5-15-11-16(27-14(2)26)7-9-22(15,3)18(17)8-10-23(19,21)4/h5,16-21H,6-12H2,1-4H3/t16-,17+,18-,19-,20+,21-,22-,23-/m0/s1. The number of halogens is 1. The third-order valence-electron chi connectivity index (χ3n) is 8.82. The summed E-state index contributed by atoms with van der Waals surface area (Å²) in [6.45, 7) is 8.16. The van der Waals surface area contributed by atoms with Crippen LogP contribution in [0.2, 0.25) is 0 Å². The summed E-state index contributed by atoms with van der Waals surface area (Å²) in [4.78, 5) is 24.1. The molecule has 4 heteroatoms. The van der Waals surface area contributed by atoms with E-state index in [-0.39, 0.29) is 28.8 Å². The summed E-state index contributed by atoms with van der Waals surface area (Å²) in [6, 6.07) is 0. The number of ketones is 1. The Balaban J connectivity index is 1.61. The molecule has 0 amide bonds. The molecule has 3 fully saturated rings. The topological polar surface area (TPSA) is 43.4 Å². The number of allylic oxidation sites excluding steroid dienone is 1. The van der Waals surface area contributed by atoms with E-state index in [0.29, 0.717) is 28.4 Å². The lowest BCUT2D eigenvalue weighted by molar-refractivity contribution is -0.149. The summed E-state index contributed by atoms with van der Waals surface area (Å²) in [5, 5.41) is 0. The molecule has 0 aromatic rings. The van der Waals surface area contributed by atoms with Crippen molar-refractivity contribution >= 4 is 27.7 Å². The van der Waals surface area contributed by atoms with Crippen molar-refractivity contribution in [3.05, 3.63) is 11.6 Å². The second-order valence-electron chi connectivity index (χ2n) is 10.1. The van der Waals surface area contributed by atoms with Gasteiger partial charge in [-0.3, -0.25) is 9.59 Å². The van der Waals surface area contributed by atoms with Crippen LogP contribution in [-0.2, 0) is 14.3 Å². The first kappa shape index (κ1) is 19.7. The Morgan fingerprint density at radius 2 is 1.89 bits per heavy atom. The van der Waals surface area contributed by atoms with E-state index in [2.05, 4.69) is 35.9 Å². The summed E-state index contributed by atoms with van der Waals surface area (Å²) in [5.41, 5.74) is 1.93. The number of hydrogen-bond donors (Lipinski definition) is 0. The fourth-order valence-electron chi connectivity index (χ4n) is 7.65. The zero-order chi connectivity index (χ0) is 19.6. The minimum atomic E-state index is -0.157. The maximum atomic E-state index is 12.4. The molecular formula is C23H33BrO3. The number of hydrogen-bond acceptors (Lipinski definition) is 3. The third kappa shape index (κ3) is 2.96. The Hall–Kier alpha value is -0.640. The first-order chi connectivity index (χ1) is 12.7. The van der Waals surface area contributed by atoms with E-state index < -0.39 is 0 Å². The first-order valence-electron chi connectivity index (χ1n) is 10.7. The van der Waals surface area contributed by atoms with Crippen LogP contribution in [0.4, 0.5) is 0 Å². The SMILES string of the molecule is CC(=O)O[C@H]1CC[C@@]2(C)C(=CC[C@H]3[C@@H]4C[C@@H](Br)[C@H](C(C)=O)[C@@]4(C)CC[C@@H]32)C1. The number of carbonyl (C=O) groups excluding carboxylic acids is 2. The average Bonchev–Trinajstić information content (AvgIpc) is 2.85. The van der Waals surface area contributed by atoms with Crippen LogP contribution in [0.15, 0.2) is 11.6 Å². The Morgan fingerprint density at radius 1 is 1.15 bits per heavy atom. The maximum absolute atomic E-state index is 12.4. The molecule has 3 nitrogen and oxygen atoms in total. The highest BCUT2D eigenvalue weighted by molar-refractivity contribution is 9.09. The lowest BCUT2D eigenvalue weighted by atomic mass is 9.47. The van der Waals surface area contributed by atoms with E-state index in [1.54, 1.807) is 6.92 Å². The Kier molecular flexibility index (Phi) is 4.89. The Bertz CT molecular complexity index is 685. The van der Waals surface area contributed by atoms with Crippen LogP contribution in [0.1, 0.15) is 72.6 Å². The molecule has 0 spiro atoms. The van der Waals surface area contributed by atoms with Crippen LogP contribution < -0.4 is 0 Å². The van der Waals surface area contributed by atoms with E-state index in [9.17, 15) is 9.59 Å². The van der Waals surface area contributed by atoms with Gasteiger partial charge in [-0.2, -0.15) is 0 Å². The average molecular weight is 437 g/mol. The van der Waals surface area contributed by atoms with Gasteiger partial charge in [0.15, 0.2) is 0 Å². The minimum Gasteiger partial charge on any atom is -0.462 e. The predicted molar refractivity (Wildman–Crippen MR) is 110 cm³/mol. The van der Waals surface area contributed by atoms with Crippen LogP contribution >= 0.6 is 15.9 Å². The Labute approximate surface area is 171 Å². The monoisotopic (exact) mass is 436 g/mol. The number of Topliss-reactive ketones (excluding diaryl/α,β-unsaturated/α-hetero) is 1. The fraction of sp³-hybridized carbons (Fsp3) is 0.826. The van der Waals surface area contributed by atoms with Gasteiger partial charge in [0.25, 0.3) is 0 Å². The van der Waals surface area contributed by atoms with Crippen molar-refractivity contribution in [2.75, 3.05) is 0 Å². The van der Waals surface area contributed by atoms with E-state index >= 15 is 0 Å². The van der Waals surface area contributed by atoms with Gasteiger partial charge in [0, 0.05) is 24.1 Å². The molecule has 150 valence electrons. The number of alkyl halides is 1. The molecule has 0 saturated heterocycles. The summed E-state index contributed by atoms with van der Waals surface area (Å²) >= 11 is 3.88. The summed E-state index contributed by atoms with van der Waals surface area (Å²) in [6.07, 6.45) is 10.2. The van der Waals surface area contributed by atoms with Crippen molar-refractivity contribution in [3.8, 4) is 0 Å². The molecule has 27 heavy (non-hydrogen) atoms. The predicted octanol–water partition coefficient (Wildman–Crippen LogP) is 5.46. The van der Waals surface area contributed by atoms with Crippen molar-refractivity contribution in [2.45, 2.75) is 83.6 Å². The molecule has 0 aliphatic heterocycles. The molecule has 0 unspecified atom stereocenters. The van der Waals surface area contributed by atoms with Gasteiger partial charge in [0.2, 0.25) is 0 Å². The van der Waals surface area contributed by atoms with Crippen molar-refractivity contribution in [2.24, 2.45) is 34.5 Å². The van der Waals surface area contributed by atoms with Gasteiger partial charge >= 0.3 is 5.97 Å². The zero-order valence-corrected chi connectivity index (χ0v) is 18.7. The zero-order valence-electron chi connectivity index (χ0n) is 17.1. The van der Waals surface area contributed by atoms with Gasteiger partial charge in [-0.05, 0) is 74.0 Å². The van der Waals surface area contributed by atoms with Crippen molar-refractivity contribution in [1.29, 1.82) is 0 Å². The van der Waals surface area contributed by atoms with Crippen LogP contribution in [-0.4, -0.2) is 22.7 Å². The highest BCUT2D eigenvalue weighted by Gasteiger charge is 2.61. The summed E-state index contributed by atoms with van der Waals surface area (Å²) in [7, 11) is 0. The van der Waals surface area contributed by atoms with Gasteiger partial charge in [-0.15, -0.1) is 0 Å². The minimum absolute atomic E-state index is 0.0627. The van der Waals surface area contributed by atoms with E-state index in [0.717, 1.165) is 32.1 Å². The van der Waals surface area contributed by atoms with Crippen LogP contribution in [0.25, 0.3) is 0 Å². The molecule has 0 radical (unpaired) electrons. The number of ether oxygens (including phenoxy) is 1. The lowest BCUT2D eigenvalue weighted by Gasteiger charge is -2.58. The van der Waals surface area contributed by atoms with Crippen molar-refractivity contribution < 1.29 is 14.3 Å². The highest BCUT2D eigenvalue weighted by Crippen LogP contribution is 2.67. The van der Waals surface area contributed by atoms with Crippen LogP contribution in [0.3, 0.4) is 0 Å². The molecule has 0 bridgehead atoms. The summed E-state index contributed by atoms with van der Waals surface area (Å²) in [5.74, 6) is 2.40. The number of fused-ring (bicyclic) bond motifs is 5. The molecule has 0 aromatic carbocycles. The highest BCUT2D eigenvalue weighted by atomic mass is 79.9. The van der Waals surface area contributed by atoms with Crippen molar-refractivity contribution in [3.63, 3.8) is 0 Å². The molecule has 0 N–H and O–H groups in total. The normalized spacial score (nSPS) is 48.7. The number of carbonyl (C=O) groups is 2. The second-order valence-corrected chi connectivity index (χ2v) is 11.3. The van der Waals surface area contributed by atoms with Gasteiger partial charge < -0.3 is 4.74 Å². The molecule has 3 saturated carbocycles. The molecule has 0 aromatic heterocycles. The largest absolute Gasteiger partial charge is 0.462 e.